The van der Waals surface area contributed by atoms with Gasteiger partial charge in [-0.2, -0.15) is 0 Å². The molecule has 1 unspecified atom stereocenters. The minimum atomic E-state index is 0.486. The zero-order valence-electron chi connectivity index (χ0n) is 9.55. The zero-order chi connectivity index (χ0) is 11.1. The standard InChI is InChI=1S/C12H20ClNS/c1-3-4-5-6-7-10(14-2)11-8-9-12(13)15-11/h8-10,14H,3-7H2,1-2H3. The maximum absolute atomic E-state index is 5.94. The first-order valence-corrected chi connectivity index (χ1v) is 6.90. The van der Waals surface area contributed by atoms with E-state index in [0.29, 0.717) is 6.04 Å². The number of halogens is 1. The summed E-state index contributed by atoms with van der Waals surface area (Å²) in [4.78, 5) is 1.36. The molecular formula is C12H20ClNS. The number of unbranched alkanes of at least 4 members (excludes halogenated alkanes) is 3. The van der Waals surface area contributed by atoms with E-state index in [4.69, 9.17) is 11.6 Å². The molecule has 1 aromatic heterocycles. The summed E-state index contributed by atoms with van der Waals surface area (Å²) in [6.45, 7) is 2.24. The lowest BCUT2D eigenvalue weighted by Gasteiger charge is -2.13. The Morgan fingerprint density at radius 1 is 1.33 bits per heavy atom. The van der Waals surface area contributed by atoms with Crippen molar-refractivity contribution in [3.05, 3.63) is 21.3 Å². The molecule has 15 heavy (non-hydrogen) atoms. The normalized spacial score (nSPS) is 13.0. The molecule has 1 aromatic rings. The summed E-state index contributed by atoms with van der Waals surface area (Å²) in [6.07, 6.45) is 6.51. The number of hydrogen-bond acceptors (Lipinski definition) is 2. The van der Waals surface area contributed by atoms with Crippen LogP contribution in [0, 0.1) is 0 Å². The van der Waals surface area contributed by atoms with E-state index in [-0.39, 0.29) is 0 Å². The Kier molecular flexibility index (Phi) is 6.30. The lowest BCUT2D eigenvalue weighted by atomic mass is 10.1. The molecule has 0 aliphatic rings. The predicted molar refractivity (Wildman–Crippen MR) is 69.9 cm³/mol. The van der Waals surface area contributed by atoms with Crippen LogP contribution in [-0.2, 0) is 0 Å². The highest BCUT2D eigenvalue weighted by Crippen LogP contribution is 2.29. The Morgan fingerprint density at radius 3 is 2.67 bits per heavy atom. The topological polar surface area (TPSA) is 12.0 Å². The summed E-state index contributed by atoms with van der Waals surface area (Å²) in [5.41, 5.74) is 0. The van der Waals surface area contributed by atoms with Crippen LogP contribution in [0.15, 0.2) is 12.1 Å². The van der Waals surface area contributed by atoms with Gasteiger partial charge in [0.1, 0.15) is 0 Å². The van der Waals surface area contributed by atoms with Gasteiger partial charge in [0, 0.05) is 10.9 Å². The van der Waals surface area contributed by atoms with Gasteiger partial charge in [-0.25, -0.2) is 0 Å². The van der Waals surface area contributed by atoms with E-state index in [2.05, 4.69) is 18.3 Å². The Morgan fingerprint density at radius 2 is 2.13 bits per heavy atom. The molecule has 0 saturated heterocycles. The average Bonchev–Trinajstić information content (AvgIpc) is 2.65. The second-order valence-electron chi connectivity index (χ2n) is 3.83. The summed E-state index contributed by atoms with van der Waals surface area (Å²) >= 11 is 7.62. The van der Waals surface area contributed by atoms with Crippen LogP contribution in [0.3, 0.4) is 0 Å². The molecule has 0 amide bonds. The fraction of sp³-hybridized carbons (Fsp3) is 0.667. The second-order valence-corrected chi connectivity index (χ2v) is 5.58. The van der Waals surface area contributed by atoms with Crippen LogP contribution >= 0.6 is 22.9 Å². The van der Waals surface area contributed by atoms with Crippen molar-refractivity contribution in [3.8, 4) is 0 Å². The molecule has 1 nitrogen and oxygen atoms in total. The van der Waals surface area contributed by atoms with Crippen LogP contribution in [-0.4, -0.2) is 7.05 Å². The first kappa shape index (κ1) is 13.0. The van der Waals surface area contributed by atoms with Gasteiger partial charge in [-0.05, 0) is 25.6 Å². The van der Waals surface area contributed by atoms with Crippen molar-refractivity contribution in [3.63, 3.8) is 0 Å². The highest BCUT2D eigenvalue weighted by Gasteiger charge is 2.10. The number of hydrogen-bond donors (Lipinski definition) is 1. The van der Waals surface area contributed by atoms with E-state index in [9.17, 15) is 0 Å². The molecule has 0 fully saturated rings. The molecule has 1 atom stereocenters. The van der Waals surface area contributed by atoms with Gasteiger partial charge in [0.2, 0.25) is 0 Å². The minimum absolute atomic E-state index is 0.486. The molecule has 0 aliphatic heterocycles. The number of thiophene rings is 1. The van der Waals surface area contributed by atoms with Gasteiger partial charge in [-0.15, -0.1) is 11.3 Å². The highest BCUT2D eigenvalue weighted by atomic mass is 35.5. The average molecular weight is 246 g/mol. The number of rotatable bonds is 7. The van der Waals surface area contributed by atoms with Crippen LogP contribution in [0.25, 0.3) is 0 Å². The van der Waals surface area contributed by atoms with Crippen molar-refractivity contribution >= 4 is 22.9 Å². The molecule has 0 aliphatic carbocycles. The van der Waals surface area contributed by atoms with Crippen LogP contribution in [0.4, 0.5) is 0 Å². The zero-order valence-corrected chi connectivity index (χ0v) is 11.1. The molecule has 3 heteroatoms. The predicted octanol–water partition coefficient (Wildman–Crippen LogP) is 4.63. The fourth-order valence-electron chi connectivity index (χ4n) is 1.72. The smallest absolute Gasteiger partial charge is 0.0931 e. The molecule has 0 saturated carbocycles. The highest BCUT2D eigenvalue weighted by molar-refractivity contribution is 7.16. The first-order chi connectivity index (χ1) is 7.27. The number of nitrogens with one attached hydrogen (secondary N) is 1. The van der Waals surface area contributed by atoms with E-state index >= 15 is 0 Å². The third-order valence-electron chi connectivity index (χ3n) is 2.63. The molecule has 0 spiro atoms. The van der Waals surface area contributed by atoms with Crippen LogP contribution in [0.1, 0.15) is 49.9 Å². The van der Waals surface area contributed by atoms with Gasteiger partial charge in [-0.1, -0.05) is 44.2 Å². The third kappa shape index (κ3) is 4.54. The third-order valence-corrected chi connectivity index (χ3v) is 3.98. The van der Waals surface area contributed by atoms with E-state index in [1.807, 2.05) is 13.1 Å². The van der Waals surface area contributed by atoms with Gasteiger partial charge in [0.15, 0.2) is 0 Å². The van der Waals surface area contributed by atoms with Crippen molar-refractivity contribution in [1.82, 2.24) is 5.32 Å². The van der Waals surface area contributed by atoms with E-state index in [0.717, 1.165) is 4.34 Å². The Hall–Kier alpha value is -0.0500. The quantitative estimate of drug-likeness (QED) is 0.691. The maximum atomic E-state index is 5.94. The summed E-state index contributed by atoms with van der Waals surface area (Å²) in [5, 5.41) is 3.36. The first-order valence-electron chi connectivity index (χ1n) is 5.70. The van der Waals surface area contributed by atoms with Crippen LogP contribution < -0.4 is 5.32 Å². The van der Waals surface area contributed by atoms with Gasteiger partial charge >= 0.3 is 0 Å². The fourth-order valence-corrected chi connectivity index (χ4v) is 2.93. The van der Waals surface area contributed by atoms with Crippen LogP contribution in [0.5, 0.6) is 0 Å². The maximum Gasteiger partial charge on any atom is 0.0931 e. The molecule has 1 N–H and O–H groups in total. The largest absolute Gasteiger partial charge is 0.312 e. The molecule has 0 aromatic carbocycles. The lowest BCUT2D eigenvalue weighted by molar-refractivity contribution is 0.511. The molecular weight excluding hydrogens is 226 g/mol. The minimum Gasteiger partial charge on any atom is -0.312 e. The molecule has 1 rings (SSSR count). The van der Waals surface area contributed by atoms with E-state index in [1.54, 1.807) is 11.3 Å². The van der Waals surface area contributed by atoms with Crippen molar-refractivity contribution in [2.75, 3.05) is 7.05 Å². The summed E-state index contributed by atoms with van der Waals surface area (Å²) < 4.78 is 0.888. The van der Waals surface area contributed by atoms with E-state index < -0.39 is 0 Å². The summed E-state index contributed by atoms with van der Waals surface area (Å²) in [5.74, 6) is 0. The Balaban J connectivity index is 2.35. The molecule has 0 bridgehead atoms. The Bertz CT molecular complexity index is 272. The molecule has 0 radical (unpaired) electrons. The van der Waals surface area contributed by atoms with E-state index in [1.165, 1.54) is 37.0 Å². The lowest BCUT2D eigenvalue weighted by Crippen LogP contribution is -2.14. The van der Waals surface area contributed by atoms with Crippen molar-refractivity contribution in [2.24, 2.45) is 0 Å². The Labute approximate surface area is 102 Å². The van der Waals surface area contributed by atoms with Crippen molar-refractivity contribution < 1.29 is 0 Å². The van der Waals surface area contributed by atoms with Gasteiger partial charge in [-0.3, -0.25) is 0 Å². The van der Waals surface area contributed by atoms with Crippen LogP contribution in [0.2, 0.25) is 4.34 Å². The van der Waals surface area contributed by atoms with Gasteiger partial charge < -0.3 is 5.32 Å². The van der Waals surface area contributed by atoms with Crippen molar-refractivity contribution in [2.45, 2.75) is 45.1 Å². The molecule has 86 valence electrons. The van der Waals surface area contributed by atoms with Gasteiger partial charge in [0.05, 0.1) is 4.34 Å². The van der Waals surface area contributed by atoms with Crippen molar-refractivity contribution in [1.29, 1.82) is 0 Å². The second kappa shape index (κ2) is 7.26. The summed E-state index contributed by atoms with van der Waals surface area (Å²) in [6, 6.07) is 4.60. The molecule has 1 heterocycles. The monoisotopic (exact) mass is 245 g/mol. The van der Waals surface area contributed by atoms with Gasteiger partial charge in [0.25, 0.3) is 0 Å². The summed E-state index contributed by atoms with van der Waals surface area (Å²) in [7, 11) is 2.03. The SMILES string of the molecule is CCCCCCC(NC)c1ccc(Cl)s1.